The minimum atomic E-state index is -0.402. The predicted molar refractivity (Wildman–Crippen MR) is 58.8 cm³/mol. The molecule has 15 heavy (non-hydrogen) atoms. The largest absolute Gasteiger partial charge is 0.383 e. The second kappa shape index (κ2) is 9.89. The lowest BCUT2D eigenvalue weighted by Crippen LogP contribution is -2.37. The molecule has 0 fully saturated rings. The Balaban J connectivity index is 3.42. The zero-order valence-corrected chi connectivity index (χ0v) is 9.84. The van der Waals surface area contributed by atoms with Crippen molar-refractivity contribution in [2.45, 2.75) is 20.0 Å². The number of hydrogen-bond acceptors (Lipinski definition) is 4. The highest BCUT2D eigenvalue weighted by Crippen LogP contribution is 1.89. The molecule has 0 spiro atoms. The number of likely N-dealkylation sites (N-methyl/N-ethyl adjacent to an activating group) is 1. The zero-order chi connectivity index (χ0) is 11.5. The first-order chi connectivity index (χ1) is 7.22. The third-order valence-electron chi connectivity index (χ3n) is 1.87. The van der Waals surface area contributed by atoms with Gasteiger partial charge in [0.2, 0.25) is 5.91 Å². The summed E-state index contributed by atoms with van der Waals surface area (Å²) in [6.45, 7) is 7.05. The van der Waals surface area contributed by atoms with Gasteiger partial charge in [0.25, 0.3) is 0 Å². The predicted octanol–water partition coefficient (Wildman–Crippen LogP) is -0.236. The van der Waals surface area contributed by atoms with Crippen LogP contribution in [-0.4, -0.2) is 52.0 Å². The van der Waals surface area contributed by atoms with Crippen molar-refractivity contribution in [3.8, 4) is 0 Å². The second-order valence-electron chi connectivity index (χ2n) is 3.15. The molecule has 1 amide bonds. The Labute approximate surface area is 91.5 Å². The standard InChI is InChI=1S/C10H22N2O3/c1-4-11-5-8-15-9(2)10(13)12-6-7-14-3/h9,11H,4-8H2,1-3H3,(H,12,13). The molecule has 0 aromatic heterocycles. The molecule has 5 nitrogen and oxygen atoms in total. The van der Waals surface area contributed by atoms with E-state index in [1.165, 1.54) is 0 Å². The van der Waals surface area contributed by atoms with Crippen LogP contribution in [0.4, 0.5) is 0 Å². The monoisotopic (exact) mass is 218 g/mol. The Morgan fingerprint density at radius 2 is 2.07 bits per heavy atom. The van der Waals surface area contributed by atoms with Crippen molar-refractivity contribution in [1.82, 2.24) is 10.6 Å². The van der Waals surface area contributed by atoms with Crippen LogP contribution in [0.2, 0.25) is 0 Å². The molecule has 1 atom stereocenters. The average molecular weight is 218 g/mol. The van der Waals surface area contributed by atoms with Crippen LogP contribution in [0.25, 0.3) is 0 Å². The highest BCUT2D eigenvalue weighted by atomic mass is 16.5. The summed E-state index contributed by atoms with van der Waals surface area (Å²) in [5, 5.41) is 5.83. The summed E-state index contributed by atoms with van der Waals surface area (Å²) < 4.78 is 10.1. The van der Waals surface area contributed by atoms with Crippen molar-refractivity contribution in [2.75, 3.05) is 40.0 Å². The van der Waals surface area contributed by atoms with Gasteiger partial charge in [-0.2, -0.15) is 0 Å². The zero-order valence-electron chi connectivity index (χ0n) is 9.84. The molecule has 1 unspecified atom stereocenters. The fourth-order valence-electron chi connectivity index (χ4n) is 0.980. The minimum absolute atomic E-state index is 0.0939. The molecule has 0 aromatic carbocycles. The van der Waals surface area contributed by atoms with E-state index >= 15 is 0 Å². The van der Waals surface area contributed by atoms with E-state index < -0.39 is 6.10 Å². The van der Waals surface area contributed by atoms with Crippen LogP contribution in [0.15, 0.2) is 0 Å². The molecule has 0 rings (SSSR count). The van der Waals surface area contributed by atoms with E-state index in [2.05, 4.69) is 10.6 Å². The Morgan fingerprint density at radius 3 is 2.67 bits per heavy atom. The molecule has 0 aliphatic heterocycles. The number of amides is 1. The van der Waals surface area contributed by atoms with Crippen LogP contribution in [0.3, 0.4) is 0 Å². The molecule has 0 aromatic rings. The van der Waals surface area contributed by atoms with Gasteiger partial charge in [-0.3, -0.25) is 4.79 Å². The molecular weight excluding hydrogens is 196 g/mol. The Hall–Kier alpha value is -0.650. The molecule has 0 saturated carbocycles. The maximum atomic E-state index is 11.4. The van der Waals surface area contributed by atoms with Crippen molar-refractivity contribution in [3.05, 3.63) is 0 Å². The van der Waals surface area contributed by atoms with Crippen molar-refractivity contribution < 1.29 is 14.3 Å². The smallest absolute Gasteiger partial charge is 0.248 e. The fourth-order valence-corrected chi connectivity index (χ4v) is 0.980. The van der Waals surface area contributed by atoms with Crippen molar-refractivity contribution in [3.63, 3.8) is 0 Å². The van der Waals surface area contributed by atoms with E-state index in [1.807, 2.05) is 6.92 Å². The molecule has 0 aliphatic carbocycles. The van der Waals surface area contributed by atoms with Gasteiger partial charge >= 0.3 is 0 Å². The third-order valence-corrected chi connectivity index (χ3v) is 1.87. The highest BCUT2D eigenvalue weighted by molar-refractivity contribution is 5.80. The summed E-state index contributed by atoms with van der Waals surface area (Å²) in [6.07, 6.45) is -0.402. The molecule has 0 bridgehead atoms. The fraction of sp³-hybridized carbons (Fsp3) is 0.900. The Morgan fingerprint density at radius 1 is 1.33 bits per heavy atom. The highest BCUT2D eigenvalue weighted by Gasteiger charge is 2.11. The molecule has 5 heteroatoms. The number of nitrogens with one attached hydrogen (secondary N) is 2. The normalized spacial score (nSPS) is 12.5. The lowest BCUT2D eigenvalue weighted by Gasteiger charge is -2.13. The summed E-state index contributed by atoms with van der Waals surface area (Å²) in [5.74, 6) is -0.0939. The van der Waals surface area contributed by atoms with Gasteiger partial charge in [0.15, 0.2) is 0 Å². The molecule has 0 radical (unpaired) electrons. The van der Waals surface area contributed by atoms with Crippen molar-refractivity contribution in [2.24, 2.45) is 0 Å². The number of carbonyl (C=O) groups is 1. The first-order valence-corrected chi connectivity index (χ1v) is 5.31. The molecule has 90 valence electrons. The maximum Gasteiger partial charge on any atom is 0.248 e. The first kappa shape index (κ1) is 14.3. The van der Waals surface area contributed by atoms with E-state index in [0.29, 0.717) is 19.8 Å². The molecule has 0 saturated heterocycles. The lowest BCUT2D eigenvalue weighted by molar-refractivity contribution is -0.131. The van der Waals surface area contributed by atoms with Gasteiger partial charge in [-0.05, 0) is 13.5 Å². The van der Waals surface area contributed by atoms with Gasteiger partial charge in [0, 0.05) is 20.2 Å². The number of carbonyl (C=O) groups excluding carboxylic acids is 1. The molecule has 2 N–H and O–H groups in total. The Bertz CT molecular complexity index is 165. The first-order valence-electron chi connectivity index (χ1n) is 5.31. The van der Waals surface area contributed by atoms with Gasteiger partial charge in [-0.1, -0.05) is 6.92 Å². The van der Waals surface area contributed by atoms with Gasteiger partial charge in [-0.25, -0.2) is 0 Å². The number of ether oxygens (including phenoxy) is 2. The summed E-state index contributed by atoms with van der Waals surface area (Å²) >= 11 is 0. The summed E-state index contributed by atoms with van der Waals surface area (Å²) in [4.78, 5) is 11.4. The van der Waals surface area contributed by atoms with E-state index in [0.717, 1.165) is 13.1 Å². The van der Waals surface area contributed by atoms with Crippen LogP contribution in [0.1, 0.15) is 13.8 Å². The Kier molecular flexibility index (Phi) is 9.46. The van der Waals surface area contributed by atoms with Crippen LogP contribution < -0.4 is 10.6 Å². The van der Waals surface area contributed by atoms with Crippen LogP contribution in [0, 0.1) is 0 Å². The average Bonchev–Trinajstić information content (AvgIpc) is 2.24. The minimum Gasteiger partial charge on any atom is -0.383 e. The van der Waals surface area contributed by atoms with Crippen molar-refractivity contribution in [1.29, 1.82) is 0 Å². The van der Waals surface area contributed by atoms with Gasteiger partial charge in [0.1, 0.15) is 6.10 Å². The quantitative estimate of drug-likeness (QED) is 0.525. The van der Waals surface area contributed by atoms with Gasteiger partial charge in [-0.15, -0.1) is 0 Å². The number of hydrogen-bond donors (Lipinski definition) is 2. The summed E-state index contributed by atoms with van der Waals surface area (Å²) in [5.41, 5.74) is 0. The number of methoxy groups -OCH3 is 1. The van der Waals surface area contributed by atoms with E-state index in [-0.39, 0.29) is 5.91 Å². The van der Waals surface area contributed by atoms with Crippen LogP contribution in [0.5, 0.6) is 0 Å². The summed E-state index contributed by atoms with van der Waals surface area (Å²) in [7, 11) is 1.60. The van der Waals surface area contributed by atoms with Crippen LogP contribution in [-0.2, 0) is 14.3 Å². The van der Waals surface area contributed by atoms with Gasteiger partial charge < -0.3 is 20.1 Å². The SMILES string of the molecule is CCNCCOC(C)C(=O)NCCOC. The topological polar surface area (TPSA) is 59.6 Å². The molecule has 0 aliphatic rings. The molecular formula is C10H22N2O3. The number of rotatable bonds is 9. The van der Waals surface area contributed by atoms with Crippen molar-refractivity contribution >= 4 is 5.91 Å². The van der Waals surface area contributed by atoms with E-state index in [9.17, 15) is 4.79 Å². The summed E-state index contributed by atoms with van der Waals surface area (Å²) in [6, 6.07) is 0. The van der Waals surface area contributed by atoms with Gasteiger partial charge in [0.05, 0.1) is 13.2 Å². The lowest BCUT2D eigenvalue weighted by atomic mass is 10.4. The maximum absolute atomic E-state index is 11.4. The van der Waals surface area contributed by atoms with E-state index in [1.54, 1.807) is 14.0 Å². The van der Waals surface area contributed by atoms with E-state index in [4.69, 9.17) is 9.47 Å². The third kappa shape index (κ3) is 8.35. The second-order valence-corrected chi connectivity index (χ2v) is 3.15. The van der Waals surface area contributed by atoms with Crippen LogP contribution >= 0.6 is 0 Å². The molecule has 0 heterocycles.